The summed E-state index contributed by atoms with van der Waals surface area (Å²) in [5.41, 5.74) is 0.977. The average Bonchev–Trinajstić information content (AvgIpc) is 3.53. The number of nitrogens with one attached hydrogen (secondary N) is 1. The van der Waals surface area contributed by atoms with Crippen LogP contribution in [0.1, 0.15) is 59.4 Å². The third-order valence-corrected chi connectivity index (χ3v) is 4.75. The number of furan rings is 1. The maximum absolute atomic E-state index is 13.0. The minimum atomic E-state index is -0.431. The fraction of sp³-hybridized carbons (Fsp3) is 0.261. The number of benzene rings is 1. The number of rotatable bonds is 9. The average molecular weight is 433 g/mol. The summed E-state index contributed by atoms with van der Waals surface area (Å²) < 4.78 is 11.4. The number of nitrogens with zero attached hydrogens (tertiary/aromatic N) is 4. The topological polar surface area (TPSA) is 116 Å². The van der Waals surface area contributed by atoms with Crippen molar-refractivity contribution in [1.29, 1.82) is 0 Å². The summed E-state index contributed by atoms with van der Waals surface area (Å²) in [5.74, 6) is 1.45. The van der Waals surface area contributed by atoms with E-state index in [1.54, 1.807) is 12.1 Å². The van der Waals surface area contributed by atoms with Gasteiger partial charge in [-0.3, -0.25) is 9.59 Å². The van der Waals surface area contributed by atoms with Gasteiger partial charge in [-0.25, -0.2) is 4.98 Å². The van der Waals surface area contributed by atoms with Crippen LogP contribution < -0.4 is 5.32 Å². The maximum atomic E-state index is 13.0. The van der Waals surface area contributed by atoms with Crippen molar-refractivity contribution in [3.8, 4) is 11.3 Å². The molecule has 0 radical (unpaired) electrons. The number of carbonyl (C=O) groups is 2. The Morgan fingerprint density at radius 3 is 2.62 bits per heavy atom. The minimum absolute atomic E-state index is 0.155. The van der Waals surface area contributed by atoms with Gasteiger partial charge in [-0.15, -0.1) is 5.10 Å². The van der Waals surface area contributed by atoms with E-state index in [4.69, 9.17) is 8.83 Å². The number of ketones is 1. The number of anilines is 1. The zero-order chi connectivity index (χ0) is 22.5. The number of oxazole rings is 1. The number of hydrogen-bond acceptors (Lipinski definition) is 7. The molecule has 3 heterocycles. The lowest BCUT2D eigenvalue weighted by Crippen LogP contribution is -2.14. The SMILES string of the molecule is CCCCc1nc(C(=O)Nc2cnn(Cc3ccc(C(C)=O)o3)n2)c(-c2ccccc2)o1. The normalized spacial score (nSPS) is 10.9. The summed E-state index contributed by atoms with van der Waals surface area (Å²) in [7, 11) is 0. The number of Topliss-reactive ketones (excluding diaryl/α,β-unsaturated/α-hetero) is 1. The van der Waals surface area contributed by atoms with E-state index in [9.17, 15) is 9.59 Å². The van der Waals surface area contributed by atoms with Crippen molar-refractivity contribution >= 4 is 17.5 Å². The van der Waals surface area contributed by atoms with Gasteiger partial charge >= 0.3 is 0 Å². The highest BCUT2D eigenvalue weighted by molar-refractivity contribution is 6.05. The first kappa shape index (κ1) is 21.2. The Morgan fingerprint density at radius 2 is 1.91 bits per heavy atom. The summed E-state index contributed by atoms with van der Waals surface area (Å²) in [6.45, 7) is 3.74. The molecule has 0 atom stereocenters. The number of unbranched alkanes of at least 4 members (excludes halogenated alkanes) is 1. The van der Waals surface area contributed by atoms with Gasteiger partial charge in [-0.05, 0) is 18.6 Å². The van der Waals surface area contributed by atoms with Crippen LogP contribution in [0.15, 0.2) is 57.5 Å². The highest BCUT2D eigenvalue weighted by Gasteiger charge is 2.22. The number of amides is 1. The van der Waals surface area contributed by atoms with Crippen LogP contribution in [0.25, 0.3) is 11.3 Å². The molecule has 0 unspecified atom stereocenters. The van der Waals surface area contributed by atoms with Crippen LogP contribution in [0.5, 0.6) is 0 Å². The number of aromatic nitrogens is 4. The molecule has 0 aliphatic carbocycles. The van der Waals surface area contributed by atoms with Crippen molar-refractivity contribution in [2.24, 2.45) is 0 Å². The van der Waals surface area contributed by atoms with Crippen molar-refractivity contribution in [3.63, 3.8) is 0 Å². The fourth-order valence-corrected chi connectivity index (χ4v) is 3.14. The number of hydrogen-bond donors (Lipinski definition) is 1. The molecule has 0 spiro atoms. The second kappa shape index (κ2) is 9.42. The largest absolute Gasteiger partial charge is 0.456 e. The monoisotopic (exact) mass is 433 g/mol. The van der Waals surface area contributed by atoms with Crippen LogP contribution in [0.2, 0.25) is 0 Å². The molecule has 3 aromatic heterocycles. The molecule has 9 nitrogen and oxygen atoms in total. The summed E-state index contributed by atoms with van der Waals surface area (Å²) in [6.07, 6.45) is 4.01. The number of aryl methyl sites for hydroxylation is 1. The van der Waals surface area contributed by atoms with E-state index in [1.807, 2.05) is 30.3 Å². The molecule has 0 bridgehead atoms. The van der Waals surface area contributed by atoms with Crippen LogP contribution in [0, 0.1) is 0 Å². The Hall–Kier alpha value is -4.01. The standard InChI is InChI=1S/C23H23N5O4/c1-3-4-10-20-26-21(22(32-20)16-8-6-5-7-9-16)23(30)25-19-13-24-28(27-19)14-17-11-12-18(31-17)15(2)29/h5-9,11-13H,3-4,10,14H2,1-2H3,(H,25,27,30). The Labute approximate surface area is 184 Å². The Balaban J connectivity index is 1.51. The summed E-state index contributed by atoms with van der Waals surface area (Å²) in [5, 5.41) is 11.1. The lowest BCUT2D eigenvalue weighted by Gasteiger charge is -2.01. The van der Waals surface area contributed by atoms with Gasteiger partial charge in [0.15, 0.2) is 34.7 Å². The van der Waals surface area contributed by atoms with Gasteiger partial charge in [0.05, 0.1) is 6.20 Å². The molecule has 0 aliphatic rings. The fourth-order valence-electron chi connectivity index (χ4n) is 3.14. The quantitative estimate of drug-likeness (QED) is 0.390. The second-order valence-electron chi connectivity index (χ2n) is 7.29. The molecule has 32 heavy (non-hydrogen) atoms. The smallest absolute Gasteiger partial charge is 0.279 e. The van der Waals surface area contributed by atoms with E-state index >= 15 is 0 Å². The van der Waals surface area contributed by atoms with E-state index in [-0.39, 0.29) is 29.6 Å². The molecule has 1 amide bonds. The molecular weight excluding hydrogens is 410 g/mol. The number of carbonyl (C=O) groups excluding carboxylic acids is 2. The summed E-state index contributed by atoms with van der Waals surface area (Å²) >= 11 is 0. The lowest BCUT2D eigenvalue weighted by atomic mass is 10.1. The first-order chi connectivity index (χ1) is 15.5. The second-order valence-corrected chi connectivity index (χ2v) is 7.29. The van der Waals surface area contributed by atoms with E-state index in [0.29, 0.717) is 23.8 Å². The van der Waals surface area contributed by atoms with Gasteiger partial charge < -0.3 is 14.2 Å². The van der Waals surface area contributed by atoms with E-state index in [0.717, 1.165) is 18.4 Å². The van der Waals surface area contributed by atoms with Crippen LogP contribution >= 0.6 is 0 Å². The zero-order valence-corrected chi connectivity index (χ0v) is 17.9. The molecule has 1 N–H and O–H groups in total. The summed E-state index contributed by atoms with van der Waals surface area (Å²) in [4.78, 5) is 30.1. The van der Waals surface area contributed by atoms with Gasteiger partial charge in [-0.1, -0.05) is 43.7 Å². The Bertz CT molecular complexity index is 1220. The van der Waals surface area contributed by atoms with Gasteiger partial charge in [0.25, 0.3) is 5.91 Å². The molecule has 1 aromatic carbocycles. The molecule has 4 aromatic rings. The minimum Gasteiger partial charge on any atom is -0.456 e. The van der Waals surface area contributed by atoms with E-state index in [1.165, 1.54) is 17.9 Å². The van der Waals surface area contributed by atoms with Crippen molar-refractivity contribution < 1.29 is 18.4 Å². The van der Waals surface area contributed by atoms with Crippen molar-refractivity contribution in [1.82, 2.24) is 20.0 Å². The molecule has 0 saturated carbocycles. The van der Waals surface area contributed by atoms with Gasteiger partial charge in [0.1, 0.15) is 12.3 Å². The van der Waals surface area contributed by atoms with Crippen LogP contribution in [-0.4, -0.2) is 31.7 Å². The predicted octanol–water partition coefficient (Wildman–Crippen LogP) is 4.37. The Kier molecular flexibility index (Phi) is 6.25. The van der Waals surface area contributed by atoms with Crippen molar-refractivity contribution in [2.45, 2.75) is 39.7 Å². The zero-order valence-electron chi connectivity index (χ0n) is 17.9. The van der Waals surface area contributed by atoms with Gasteiger partial charge in [0.2, 0.25) is 0 Å². The molecule has 164 valence electrons. The molecule has 0 fully saturated rings. The van der Waals surface area contributed by atoms with Crippen LogP contribution in [0.3, 0.4) is 0 Å². The lowest BCUT2D eigenvalue weighted by molar-refractivity contribution is 0.0983. The highest BCUT2D eigenvalue weighted by Crippen LogP contribution is 2.26. The molecule has 0 aliphatic heterocycles. The third kappa shape index (κ3) is 4.83. The van der Waals surface area contributed by atoms with Crippen LogP contribution in [0.4, 0.5) is 5.82 Å². The first-order valence-electron chi connectivity index (χ1n) is 10.4. The maximum Gasteiger partial charge on any atom is 0.279 e. The van der Waals surface area contributed by atoms with Crippen molar-refractivity contribution in [2.75, 3.05) is 5.32 Å². The first-order valence-corrected chi connectivity index (χ1v) is 10.4. The van der Waals surface area contributed by atoms with Crippen molar-refractivity contribution in [3.05, 3.63) is 71.8 Å². The van der Waals surface area contributed by atoms with E-state index in [2.05, 4.69) is 27.4 Å². The molecule has 4 rings (SSSR count). The van der Waals surface area contributed by atoms with Gasteiger partial charge in [-0.2, -0.15) is 9.90 Å². The molecule has 0 saturated heterocycles. The highest BCUT2D eigenvalue weighted by atomic mass is 16.4. The predicted molar refractivity (Wildman–Crippen MR) is 116 cm³/mol. The summed E-state index contributed by atoms with van der Waals surface area (Å²) in [6, 6.07) is 12.7. The van der Waals surface area contributed by atoms with Gasteiger partial charge in [0, 0.05) is 18.9 Å². The van der Waals surface area contributed by atoms with Crippen LogP contribution in [-0.2, 0) is 13.0 Å². The third-order valence-electron chi connectivity index (χ3n) is 4.75. The Morgan fingerprint density at radius 1 is 1.09 bits per heavy atom. The molecule has 9 heteroatoms. The molecular formula is C23H23N5O4. The van der Waals surface area contributed by atoms with E-state index < -0.39 is 5.91 Å².